The second-order valence-corrected chi connectivity index (χ2v) is 13.6. The molecule has 1 amide bonds. The summed E-state index contributed by atoms with van der Waals surface area (Å²) >= 11 is 0. The molecule has 2 rings (SSSR count). The summed E-state index contributed by atoms with van der Waals surface area (Å²) in [7, 11) is -2.10. The van der Waals surface area contributed by atoms with E-state index in [0.717, 1.165) is 12.1 Å². The number of hydrogen-bond acceptors (Lipinski definition) is 3. The zero-order valence-electron chi connectivity index (χ0n) is 16.9. The monoisotopic (exact) mass is 415 g/mol. The van der Waals surface area contributed by atoms with Crippen LogP contribution in [-0.4, -0.2) is 32.2 Å². The Bertz CT molecular complexity index is 724. The quantitative estimate of drug-likeness (QED) is 0.547. The first-order chi connectivity index (χ1) is 12.7. The predicted octanol–water partition coefficient (Wildman–Crippen LogP) is 4.95. The molecule has 156 valence electrons. The molecule has 4 nitrogen and oxygen atoms in total. The molecule has 1 saturated heterocycles. The van der Waals surface area contributed by atoms with Crippen LogP contribution < -0.4 is 5.32 Å². The Labute approximate surface area is 165 Å². The van der Waals surface area contributed by atoms with Crippen molar-refractivity contribution in [3.8, 4) is 0 Å². The highest BCUT2D eigenvalue weighted by Gasteiger charge is 2.42. The third-order valence-corrected chi connectivity index (χ3v) is 10.1. The fourth-order valence-corrected chi connectivity index (χ4v) is 4.28. The average molecular weight is 416 g/mol. The van der Waals surface area contributed by atoms with Gasteiger partial charge >= 0.3 is 6.18 Å². The van der Waals surface area contributed by atoms with Gasteiger partial charge in [-0.05, 0) is 36.7 Å². The number of nitrogens with one attached hydrogen (secondary N) is 1. The number of halogens is 3. The number of rotatable bonds is 5. The van der Waals surface area contributed by atoms with Crippen LogP contribution in [0.1, 0.15) is 56.0 Å². The molecule has 0 aliphatic carbocycles. The maximum atomic E-state index is 12.7. The minimum absolute atomic E-state index is 0.00358. The van der Waals surface area contributed by atoms with Crippen molar-refractivity contribution >= 4 is 20.0 Å². The summed E-state index contributed by atoms with van der Waals surface area (Å²) in [4.78, 5) is 24.5. The van der Waals surface area contributed by atoms with Gasteiger partial charge in [-0.3, -0.25) is 9.59 Å². The van der Waals surface area contributed by atoms with Gasteiger partial charge in [-0.1, -0.05) is 32.9 Å². The lowest BCUT2D eigenvalue weighted by molar-refractivity contribution is -0.137. The highest BCUT2D eigenvalue weighted by atomic mass is 28.4. The van der Waals surface area contributed by atoms with Gasteiger partial charge in [0.15, 0.2) is 14.1 Å². The summed E-state index contributed by atoms with van der Waals surface area (Å²) in [5.74, 6) is -0.454. The molecule has 1 N–H and O–H groups in total. The summed E-state index contributed by atoms with van der Waals surface area (Å²) in [5.41, 5.74) is -0.604. The maximum Gasteiger partial charge on any atom is 0.416 e. The normalized spacial score (nSPS) is 21.4. The number of benzene rings is 1. The fraction of sp³-hybridized carbons (Fsp3) is 0.600. The molecule has 0 saturated carbocycles. The minimum atomic E-state index is -4.44. The van der Waals surface area contributed by atoms with Crippen molar-refractivity contribution < 1.29 is 27.2 Å². The smallest absolute Gasteiger partial charge is 0.412 e. The molecule has 28 heavy (non-hydrogen) atoms. The van der Waals surface area contributed by atoms with E-state index in [1.807, 2.05) is 0 Å². The SMILES string of the molecule is CC(C)(C)[Si](C)(C)O[C@@H]1CCC(=O)N[C@H]1CC(=O)c1ccc(C(F)(F)F)cc1. The molecule has 0 bridgehead atoms. The first-order valence-corrected chi connectivity index (χ1v) is 12.3. The Morgan fingerprint density at radius 3 is 2.25 bits per heavy atom. The number of alkyl halides is 3. The zero-order valence-corrected chi connectivity index (χ0v) is 17.9. The second-order valence-electron chi connectivity index (χ2n) is 8.83. The summed E-state index contributed by atoms with van der Waals surface area (Å²) in [6, 6.07) is 3.68. The highest BCUT2D eigenvalue weighted by molar-refractivity contribution is 6.74. The number of ketones is 1. The van der Waals surface area contributed by atoms with Crippen LogP contribution in [0.25, 0.3) is 0 Å². The molecular formula is C20H28F3NO3Si. The van der Waals surface area contributed by atoms with E-state index in [0.29, 0.717) is 12.8 Å². The Morgan fingerprint density at radius 2 is 1.75 bits per heavy atom. The van der Waals surface area contributed by atoms with E-state index in [2.05, 4.69) is 39.2 Å². The predicted molar refractivity (Wildman–Crippen MR) is 104 cm³/mol. The third-order valence-electron chi connectivity index (χ3n) is 5.64. The van der Waals surface area contributed by atoms with E-state index in [1.54, 1.807) is 0 Å². The molecule has 0 aromatic heterocycles. The molecule has 0 spiro atoms. The van der Waals surface area contributed by atoms with Crippen molar-refractivity contribution in [1.29, 1.82) is 0 Å². The second kappa shape index (κ2) is 7.98. The summed E-state index contributed by atoms with van der Waals surface area (Å²) in [6.07, 6.45) is -3.86. The van der Waals surface area contributed by atoms with E-state index in [4.69, 9.17) is 4.43 Å². The van der Waals surface area contributed by atoms with Crippen LogP contribution in [0.5, 0.6) is 0 Å². The molecule has 8 heteroatoms. The van der Waals surface area contributed by atoms with Crippen LogP contribution in [0.3, 0.4) is 0 Å². The average Bonchev–Trinajstić information content (AvgIpc) is 2.55. The Morgan fingerprint density at radius 1 is 1.18 bits per heavy atom. The summed E-state index contributed by atoms with van der Waals surface area (Å²) in [5, 5.41) is 2.82. The van der Waals surface area contributed by atoms with Gasteiger partial charge in [-0.25, -0.2) is 0 Å². The van der Waals surface area contributed by atoms with Gasteiger partial charge in [0, 0.05) is 18.4 Å². The van der Waals surface area contributed by atoms with E-state index >= 15 is 0 Å². The largest absolute Gasteiger partial charge is 0.416 e. The van der Waals surface area contributed by atoms with Crippen LogP contribution in [0.2, 0.25) is 18.1 Å². The summed E-state index contributed by atoms with van der Waals surface area (Å²) in [6.45, 7) is 10.6. The van der Waals surface area contributed by atoms with Crippen molar-refractivity contribution in [2.45, 2.75) is 76.5 Å². The molecular weight excluding hydrogens is 387 g/mol. The molecule has 1 fully saturated rings. The fourth-order valence-electron chi connectivity index (χ4n) is 2.89. The molecule has 1 aromatic carbocycles. The topological polar surface area (TPSA) is 55.4 Å². The number of Topliss-reactive ketones (excluding diaryl/α,β-unsaturated/α-hetero) is 1. The van der Waals surface area contributed by atoms with E-state index in [9.17, 15) is 22.8 Å². The van der Waals surface area contributed by atoms with E-state index in [1.165, 1.54) is 12.1 Å². The van der Waals surface area contributed by atoms with Gasteiger partial charge in [0.25, 0.3) is 0 Å². The lowest BCUT2D eigenvalue weighted by Crippen LogP contribution is -2.55. The minimum Gasteiger partial charge on any atom is -0.412 e. The van der Waals surface area contributed by atoms with Gasteiger partial charge in [-0.15, -0.1) is 0 Å². The van der Waals surface area contributed by atoms with Crippen LogP contribution in [0.4, 0.5) is 13.2 Å². The van der Waals surface area contributed by atoms with Crippen molar-refractivity contribution in [1.82, 2.24) is 5.32 Å². The number of hydrogen-bond donors (Lipinski definition) is 1. The first-order valence-electron chi connectivity index (χ1n) is 9.38. The molecule has 1 aromatic rings. The van der Waals surface area contributed by atoms with Gasteiger partial charge in [0.2, 0.25) is 5.91 Å². The van der Waals surface area contributed by atoms with Crippen molar-refractivity contribution in [3.05, 3.63) is 35.4 Å². The molecule has 2 atom stereocenters. The standard InChI is InChI=1S/C20H28F3NO3Si/c1-19(2,3)28(4,5)27-17-10-11-18(26)24-15(17)12-16(25)13-6-8-14(9-7-13)20(21,22)23/h6-9,15,17H,10-12H2,1-5H3,(H,24,26)/t15-,17+/m0/s1. The molecule has 1 aliphatic heterocycles. The molecule has 1 aliphatic rings. The lowest BCUT2D eigenvalue weighted by atomic mass is 9.94. The molecule has 0 unspecified atom stereocenters. The lowest BCUT2D eigenvalue weighted by Gasteiger charge is -2.43. The summed E-state index contributed by atoms with van der Waals surface area (Å²) < 4.78 is 44.5. The van der Waals surface area contributed by atoms with Crippen LogP contribution >= 0.6 is 0 Å². The first kappa shape index (κ1) is 22.6. The van der Waals surface area contributed by atoms with Gasteiger partial charge in [-0.2, -0.15) is 13.2 Å². The third kappa shape index (κ3) is 5.44. The number of carbonyl (C=O) groups is 2. The zero-order chi connectivity index (χ0) is 21.3. The van der Waals surface area contributed by atoms with E-state index in [-0.39, 0.29) is 34.8 Å². The Hall–Kier alpha value is -1.67. The van der Waals surface area contributed by atoms with Crippen LogP contribution in [0, 0.1) is 0 Å². The van der Waals surface area contributed by atoms with Gasteiger partial charge < -0.3 is 9.74 Å². The number of amides is 1. The van der Waals surface area contributed by atoms with Crippen LogP contribution in [0.15, 0.2) is 24.3 Å². The van der Waals surface area contributed by atoms with Gasteiger partial charge in [0.05, 0.1) is 17.7 Å². The molecule has 0 radical (unpaired) electrons. The van der Waals surface area contributed by atoms with Crippen molar-refractivity contribution in [3.63, 3.8) is 0 Å². The Kier molecular flexibility index (Phi) is 6.45. The van der Waals surface area contributed by atoms with E-state index < -0.39 is 26.1 Å². The molecule has 1 heterocycles. The van der Waals surface area contributed by atoms with Crippen molar-refractivity contribution in [2.75, 3.05) is 0 Å². The van der Waals surface area contributed by atoms with Gasteiger partial charge in [0.1, 0.15) is 0 Å². The maximum absolute atomic E-state index is 12.7. The highest BCUT2D eigenvalue weighted by Crippen LogP contribution is 2.39. The van der Waals surface area contributed by atoms with Crippen LogP contribution in [-0.2, 0) is 15.4 Å². The van der Waals surface area contributed by atoms with Crippen molar-refractivity contribution in [2.24, 2.45) is 0 Å². The Balaban J connectivity index is 2.14. The number of piperidine rings is 1. The number of carbonyl (C=O) groups excluding carboxylic acids is 2.